The fourth-order valence-electron chi connectivity index (χ4n) is 7.45. The van der Waals surface area contributed by atoms with Crippen LogP contribution in [0, 0.1) is 0 Å². The Bertz CT molecular complexity index is 4060. The maximum Gasteiger partial charge on any atom is 0.573 e. The predicted molar refractivity (Wildman–Crippen MR) is 271 cm³/mol. The molecule has 0 atom stereocenters. The van der Waals surface area contributed by atoms with Gasteiger partial charge in [0, 0.05) is 41.8 Å². The molecule has 78 heavy (non-hydrogen) atoms. The highest BCUT2D eigenvalue weighted by atomic mass is 35.5. The zero-order valence-electron chi connectivity index (χ0n) is 41.0. The largest absolute Gasteiger partial charge is 0.573 e. The molecule has 4 aromatic heterocycles. The van der Waals surface area contributed by atoms with Crippen molar-refractivity contribution in [1.29, 1.82) is 0 Å². The van der Waals surface area contributed by atoms with Gasteiger partial charge in [-0.2, -0.15) is 9.97 Å². The fourth-order valence-corrected chi connectivity index (χ4v) is 9.86. The third-order valence-electron chi connectivity index (χ3n) is 10.5. The standard InChI is InChI=1S/C25H25ClF3N5O6S.C21H17ClF3N5O6S/c1-24(2,3)31-41(37,38)14-34-21(35)19-20(32(4)23(34)36)30-22(33(19)13-15-8-10-16(26)11-9-15)39-17-6-5-7-18(12-17)40-25(27,28)29;1-28-17-16(18(31)30(20(28)32)11-37(26,33)34)29(10-12-5-7-13(22)8-6-12)19(27-17)35-14-3-2-4-15(9-14)36-21(23,24)25/h5-12,31H,13-14H2,1-4H3;2-9H,10-11H2,1H3,(H2,26,33,34). The van der Waals surface area contributed by atoms with Gasteiger partial charge in [0.25, 0.3) is 11.1 Å². The molecular formula is C46H42Cl2F6N10O12S2. The molecular weight excluding hydrogens is 1130 g/mol. The molecule has 3 N–H and O–H groups in total. The maximum atomic E-state index is 13.7. The second-order valence-electron chi connectivity index (χ2n) is 17.8. The van der Waals surface area contributed by atoms with E-state index in [0.29, 0.717) is 30.3 Å². The molecule has 8 rings (SSSR count). The Kier molecular flexibility index (Phi) is 16.4. The highest BCUT2D eigenvalue weighted by Gasteiger charge is 2.33. The SMILES string of the molecule is Cn1c(=O)n(CS(=O)(=O)NC(C)(C)C)c(=O)c2c1nc(Oc1cccc(OC(F)(F)F)c1)n2Cc1ccc(Cl)cc1.Cn1c(=O)n(CS(N)(=O)=O)c(=O)c2c1nc(Oc1cccc(OC(F)(F)F)c1)n2Cc1ccc(Cl)cc1. The lowest BCUT2D eigenvalue weighted by molar-refractivity contribution is -0.275. The summed E-state index contributed by atoms with van der Waals surface area (Å²) < 4.78 is 152. The maximum absolute atomic E-state index is 13.7. The van der Waals surface area contributed by atoms with Gasteiger partial charge in [-0.25, -0.2) is 45.4 Å². The summed E-state index contributed by atoms with van der Waals surface area (Å²) in [4.78, 5) is 61.2. The first kappa shape index (κ1) is 58.1. The first-order chi connectivity index (χ1) is 36.1. The second kappa shape index (κ2) is 22.0. The van der Waals surface area contributed by atoms with Crippen LogP contribution in [0.15, 0.2) is 116 Å². The number of ether oxygens (including phenoxy) is 4. The van der Waals surface area contributed by atoms with Gasteiger partial charge in [0.2, 0.25) is 20.0 Å². The van der Waals surface area contributed by atoms with Crippen LogP contribution >= 0.6 is 23.2 Å². The van der Waals surface area contributed by atoms with Crippen LogP contribution in [0.3, 0.4) is 0 Å². The number of halogens is 8. The van der Waals surface area contributed by atoms with Crippen LogP contribution in [-0.4, -0.2) is 72.5 Å². The number of nitrogens with one attached hydrogen (secondary N) is 1. The Hall–Kier alpha value is -7.64. The minimum atomic E-state index is -4.94. The summed E-state index contributed by atoms with van der Waals surface area (Å²) in [7, 11) is -5.87. The summed E-state index contributed by atoms with van der Waals surface area (Å²) >= 11 is 11.9. The third kappa shape index (κ3) is 14.5. The van der Waals surface area contributed by atoms with E-state index in [1.807, 2.05) is 0 Å². The highest BCUT2D eigenvalue weighted by molar-refractivity contribution is 7.88. The van der Waals surface area contributed by atoms with Crippen molar-refractivity contribution in [2.75, 3.05) is 0 Å². The van der Waals surface area contributed by atoms with Gasteiger partial charge in [-0.05, 0) is 80.4 Å². The van der Waals surface area contributed by atoms with Crippen molar-refractivity contribution in [2.24, 2.45) is 19.2 Å². The average Bonchev–Trinajstić information content (AvgIpc) is 3.96. The van der Waals surface area contributed by atoms with E-state index in [4.69, 9.17) is 37.8 Å². The van der Waals surface area contributed by atoms with Crippen LogP contribution in [0.25, 0.3) is 22.3 Å². The number of nitrogens with zero attached hydrogens (tertiary/aromatic N) is 8. The zero-order valence-corrected chi connectivity index (χ0v) is 44.1. The number of rotatable bonds is 15. The molecule has 0 saturated carbocycles. The number of benzene rings is 4. The van der Waals surface area contributed by atoms with Crippen LogP contribution in [0.4, 0.5) is 26.3 Å². The molecule has 0 saturated heterocycles. The number of nitrogens with two attached hydrogens (primary N) is 1. The van der Waals surface area contributed by atoms with E-state index >= 15 is 0 Å². The molecule has 4 aromatic carbocycles. The molecule has 0 amide bonds. The fraction of sp³-hybridized carbons (Fsp3) is 0.261. The lowest BCUT2D eigenvalue weighted by Crippen LogP contribution is -2.47. The van der Waals surface area contributed by atoms with Gasteiger partial charge in [-0.3, -0.25) is 27.9 Å². The molecule has 0 aliphatic carbocycles. The summed E-state index contributed by atoms with van der Waals surface area (Å²) in [5, 5.41) is 5.94. The van der Waals surface area contributed by atoms with E-state index in [1.165, 1.54) is 47.5 Å². The molecule has 0 bridgehead atoms. The Morgan fingerprint density at radius 3 is 1.27 bits per heavy atom. The number of hydrogen-bond acceptors (Lipinski definition) is 14. The van der Waals surface area contributed by atoms with Gasteiger partial charge in [0.05, 0.1) is 13.1 Å². The van der Waals surface area contributed by atoms with Crippen molar-refractivity contribution in [2.45, 2.75) is 63.9 Å². The van der Waals surface area contributed by atoms with Crippen LogP contribution in [0.2, 0.25) is 10.0 Å². The number of sulfonamides is 2. The molecule has 0 unspecified atom stereocenters. The molecule has 0 aliphatic rings. The topological polar surface area (TPSA) is 267 Å². The Labute approximate surface area is 446 Å². The van der Waals surface area contributed by atoms with Crippen molar-refractivity contribution >= 4 is 65.6 Å². The van der Waals surface area contributed by atoms with Gasteiger partial charge in [-0.1, -0.05) is 59.6 Å². The summed E-state index contributed by atoms with van der Waals surface area (Å²) in [6.07, 6.45) is -9.88. The number of aryl methyl sites for hydroxylation is 2. The molecule has 4 heterocycles. The zero-order chi connectivity index (χ0) is 57.4. The van der Waals surface area contributed by atoms with Crippen molar-refractivity contribution in [3.8, 4) is 35.0 Å². The average molecular weight is 1180 g/mol. The monoisotopic (exact) mass is 1170 g/mol. The quantitative estimate of drug-likeness (QED) is 0.104. The molecule has 0 aliphatic heterocycles. The van der Waals surface area contributed by atoms with E-state index in [-0.39, 0.29) is 58.9 Å². The summed E-state index contributed by atoms with van der Waals surface area (Å²) in [5.74, 6) is -3.40. The number of alkyl halides is 6. The van der Waals surface area contributed by atoms with Crippen LogP contribution in [-0.2, 0) is 59.0 Å². The van der Waals surface area contributed by atoms with Crippen LogP contribution in [0.5, 0.6) is 35.0 Å². The summed E-state index contributed by atoms with van der Waals surface area (Å²) in [6.45, 7) is 4.70. The summed E-state index contributed by atoms with van der Waals surface area (Å²) in [6, 6.07) is 21.7. The van der Waals surface area contributed by atoms with Crippen molar-refractivity contribution in [1.82, 2.24) is 42.1 Å². The minimum Gasteiger partial charge on any atom is -0.425 e. The van der Waals surface area contributed by atoms with Crippen LogP contribution in [0.1, 0.15) is 31.9 Å². The first-order valence-electron chi connectivity index (χ1n) is 22.1. The van der Waals surface area contributed by atoms with Gasteiger partial charge in [0.1, 0.15) is 34.8 Å². The van der Waals surface area contributed by atoms with Crippen molar-refractivity contribution < 1.29 is 62.1 Å². The van der Waals surface area contributed by atoms with Gasteiger partial charge in [0.15, 0.2) is 22.3 Å². The normalized spacial score (nSPS) is 12.4. The van der Waals surface area contributed by atoms with E-state index < -0.39 is 84.1 Å². The number of primary sulfonamides is 1. The molecule has 416 valence electrons. The predicted octanol–water partition coefficient (Wildman–Crippen LogP) is 6.50. The number of fused-ring (bicyclic) bond motifs is 2. The Balaban J connectivity index is 0.000000227. The minimum absolute atomic E-state index is 0.0534. The van der Waals surface area contributed by atoms with Crippen molar-refractivity contribution in [3.63, 3.8) is 0 Å². The second-order valence-corrected chi connectivity index (χ2v) is 22.0. The molecule has 32 heteroatoms. The lowest BCUT2D eigenvalue weighted by atomic mass is 10.1. The van der Waals surface area contributed by atoms with Gasteiger partial charge < -0.3 is 18.9 Å². The molecule has 0 fully saturated rings. The van der Waals surface area contributed by atoms with E-state index in [0.717, 1.165) is 33.4 Å². The first-order valence-corrected chi connectivity index (χ1v) is 26.2. The number of imidazole rings is 2. The molecule has 22 nitrogen and oxygen atoms in total. The van der Waals surface area contributed by atoms with E-state index in [1.54, 1.807) is 69.3 Å². The molecule has 0 radical (unpaired) electrons. The molecule has 8 aromatic rings. The van der Waals surface area contributed by atoms with E-state index in [2.05, 4.69) is 24.2 Å². The lowest BCUT2D eigenvalue weighted by Gasteiger charge is -2.20. The highest BCUT2D eigenvalue weighted by Crippen LogP contribution is 2.32. The smallest absolute Gasteiger partial charge is 0.425 e. The van der Waals surface area contributed by atoms with Gasteiger partial charge >= 0.3 is 36.1 Å². The van der Waals surface area contributed by atoms with Gasteiger partial charge in [-0.15, -0.1) is 26.3 Å². The number of aromatic nitrogens is 8. The van der Waals surface area contributed by atoms with Crippen molar-refractivity contribution in [3.05, 3.63) is 160 Å². The number of hydrogen-bond donors (Lipinski definition) is 2. The van der Waals surface area contributed by atoms with E-state index in [9.17, 15) is 62.4 Å². The Morgan fingerprint density at radius 2 is 0.923 bits per heavy atom. The Morgan fingerprint density at radius 1 is 0.564 bits per heavy atom. The molecule has 0 spiro atoms. The van der Waals surface area contributed by atoms with Crippen LogP contribution < -0.4 is 51.3 Å². The third-order valence-corrected chi connectivity index (χ3v) is 13.1. The summed E-state index contributed by atoms with van der Waals surface area (Å²) in [5.41, 5.74) is -4.27.